The zero-order chi connectivity index (χ0) is 13.1. The molecule has 0 saturated heterocycles. The van der Waals surface area contributed by atoms with Gasteiger partial charge in [0.05, 0.1) is 12.3 Å². The highest BCUT2D eigenvalue weighted by atomic mass is 16.3. The number of hydrogen-bond donors (Lipinski definition) is 2. The van der Waals surface area contributed by atoms with E-state index >= 15 is 0 Å². The predicted molar refractivity (Wildman–Crippen MR) is 72.4 cm³/mol. The topological polar surface area (TPSA) is 50.1 Å². The van der Waals surface area contributed by atoms with Gasteiger partial charge in [0.2, 0.25) is 0 Å². The largest absolute Gasteiger partial charge is 0.392 e. The summed E-state index contributed by atoms with van der Waals surface area (Å²) in [6, 6.07) is 0.873. The zero-order valence-electron chi connectivity index (χ0n) is 11.6. The molecular formula is C14H25N3O. The molecule has 1 heterocycles. The normalized spacial score (nSPS) is 26.5. The minimum Gasteiger partial charge on any atom is -0.392 e. The lowest BCUT2D eigenvalue weighted by molar-refractivity contribution is 0.0859. The van der Waals surface area contributed by atoms with E-state index < -0.39 is 0 Å². The van der Waals surface area contributed by atoms with E-state index in [1.165, 1.54) is 12.0 Å². The van der Waals surface area contributed by atoms with E-state index in [2.05, 4.69) is 37.4 Å². The number of aliphatic hydroxyl groups excluding tert-OH is 1. The molecule has 4 nitrogen and oxygen atoms in total. The summed E-state index contributed by atoms with van der Waals surface area (Å²) >= 11 is 0. The van der Waals surface area contributed by atoms with Crippen LogP contribution in [0.15, 0.2) is 12.4 Å². The van der Waals surface area contributed by atoms with Crippen molar-refractivity contribution in [2.24, 2.45) is 0 Å². The first-order valence-corrected chi connectivity index (χ1v) is 7.06. The van der Waals surface area contributed by atoms with Gasteiger partial charge in [-0.3, -0.25) is 4.68 Å². The fourth-order valence-corrected chi connectivity index (χ4v) is 2.58. The molecular weight excluding hydrogens is 226 g/mol. The van der Waals surface area contributed by atoms with Gasteiger partial charge in [0.1, 0.15) is 0 Å². The van der Waals surface area contributed by atoms with Crippen molar-refractivity contribution in [1.29, 1.82) is 0 Å². The maximum absolute atomic E-state index is 9.97. The van der Waals surface area contributed by atoms with E-state index in [4.69, 9.17) is 0 Å². The molecule has 0 spiro atoms. The first-order valence-electron chi connectivity index (χ1n) is 7.06. The summed E-state index contributed by atoms with van der Waals surface area (Å²) in [5.41, 5.74) is 1.20. The van der Waals surface area contributed by atoms with Crippen LogP contribution in [0.25, 0.3) is 0 Å². The fourth-order valence-electron chi connectivity index (χ4n) is 2.58. The second-order valence-electron chi connectivity index (χ2n) is 5.69. The Labute approximate surface area is 109 Å². The van der Waals surface area contributed by atoms with Gasteiger partial charge in [-0.05, 0) is 33.6 Å². The smallest absolute Gasteiger partial charge is 0.0693 e. The Morgan fingerprint density at radius 3 is 2.67 bits per heavy atom. The Kier molecular flexibility index (Phi) is 4.40. The van der Waals surface area contributed by atoms with Crippen molar-refractivity contribution in [3.05, 3.63) is 18.0 Å². The highest BCUT2D eigenvalue weighted by molar-refractivity contribution is 5.10. The van der Waals surface area contributed by atoms with E-state index in [-0.39, 0.29) is 18.2 Å². The van der Waals surface area contributed by atoms with Crippen molar-refractivity contribution < 1.29 is 5.11 Å². The molecule has 0 amide bonds. The molecule has 1 aromatic heterocycles. The maximum Gasteiger partial charge on any atom is 0.0693 e. The average Bonchev–Trinajstić information content (AvgIpc) is 2.81. The summed E-state index contributed by atoms with van der Waals surface area (Å²) in [5, 5.41) is 17.9. The van der Waals surface area contributed by atoms with Crippen molar-refractivity contribution >= 4 is 0 Å². The highest BCUT2D eigenvalue weighted by Crippen LogP contribution is 2.22. The molecule has 1 aliphatic carbocycles. The molecule has 1 fully saturated rings. The van der Waals surface area contributed by atoms with Crippen LogP contribution in [-0.4, -0.2) is 27.0 Å². The Bertz CT molecular complexity index is 375. The number of rotatable bonds is 4. The van der Waals surface area contributed by atoms with Crippen LogP contribution in [0.5, 0.6) is 0 Å². The van der Waals surface area contributed by atoms with Crippen LogP contribution >= 0.6 is 0 Å². The van der Waals surface area contributed by atoms with Crippen molar-refractivity contribution in [3.63, 3.8) is 0 Å². The van der Waals surface area contributed by atoms with Gasteiger partial charge in [0.25, 0.3) is 0 Å². The van der Waals surface area contributed by atoms with Crippen LogP contribution < -0.4 is 5.32 Å². The van der Waals surface area contributed by atoms with Crippen molar-refractivity contribution in [3.8, 4) is 0 Å². The molecule has 2 N–H and O–H groups in total. The van der Waals surface area contributed by atoms with Crippen LogP contribution in [0, 0.1) is 0 Å². The first kappa shape index (κ1) is 13.6. The summed E-state index contributed by atoms with van der Waals surface area (Å²) in [7, 11) is 0. The van der Waals surface area contributed by atoms with E-state index in [1.807, 2.05) is 10.9 Å². The third-order valence-corrected chi connectivity index (χ3v) is 3.84. The number of aromatic nitrogens is 2. The minimum absolute atomic E-state index is 0.193. The SMILES string of the molecule is CC(NC1CCCCC1O)c1cnn(C(C)C)c1. The van der Waals surface area contributed by atoms with Gasteiger partial charge in [-0.2, -0.15) is 5.10 Å². The molecule has 102 valence electrons. The summed E-state index contributed by atoms with van der Waals surface area (Å²) in [4.78, 5) is 0. The first-order chi connectivity index (χ1) is 8.58. The predicted octanol–water partition coefficient (Wildman–Crippen LogP) is 2.42. The number of hydrogen-bond acceptors (Lipinski definition) is 3. The minimum atomic E-state index is -0.193. The molecule has 0 aromatic carbocycles. The summed E-state index contributed by atoms with van der Waals surface area (Å²) < 4.78 is 1.98. The molecule has 0 aliphatic heterocycles. The Hall–Kier alpha value is -0.870. The molecule has 0 radical (unpaired) electrons. The van der Waals surface area contributed by atoms with Gasteiger partial charge in [0.15, 0.2) is 0 Å². The van der Waals surface area contributed by atoms with E-state index in [1.54, 1.807) is 0 Å². The maximum atomic E-state index is 9.97. The number of nitrogens with one attached hydrogen (secondary N) is 1. The van der Waals surface area contributed by atoms with Gasteiger partial charge in [-0.1, -0.05) is 12.8 Å². The van der Waals surface area contributed by atoms with Gasteiger partial charge >= 0.3 is 0 Å². The molecule has 1 aliphatic rings. The van der Waals surface area contributed by atoms with Gasteiger partial charge in [0, 0.05) is 29.9 Å². The molecule has 18 heavy (non-hydrogen) atoms. The van der Waals surface area contributed by atoms with E-state index in [9.17, 15) is 5.11 Å². The van der Waals surface area contributed by atoms with Gasteiger partial charge < -0.3 is 10.4 Å². The van der Waals surface area contributed by atoms with Crippen molar-refractivity contribution in [2.75, 3.05) is 0 Å². The zero-order valence-corrected chi connectivity index (χ0v) is 11.6. The monoisotopic (exact) mass is 251 g/mol. The van der Waals surface area contributed by atoms with E-state index in [0.29, 0.717) is 6.04 Å². The second kappa shape index (κ2) is 5.85. The quantitative estimate of drug-likeness (QED) is 0.864. The van der Waals surface area contributed by atoms with Crippen LogP contribution in [0.3, 0.4) is 0 Å². The third kappa shape index (κ3) is 3.12. The van der Waals surface area contributed by atoms with Crippen LogP contribution in [0.1, 0.15) is 64.1 Å². The van der Waals surface area contributed by atoms with Crippen LogP contribution in [-0.2, 0) is 0 Å². The Morgan fingerprint density at radius 2 is 2.06 bits per heavy atom. The van der Waals surface area contributed by atoms with Gasteiger partial charge in [-0.15, -0.1) is 0 Å². The Morgan fingerprint density at radius 1 is 1.33 bits per heavy atom. The lowest BCUT2D eigenvalue weighted by Gasteiger charge is -2.30. The summed E-state index contributed by atoms with van der Waals surface area (Å²) in [6.45, 7) is 6.39. The van der Waals surface area contributed by atoms with E-state index in [0.717, 1.165) is 19.3 Å². The molecule has 2 rings (SSSR count). The molecule has 0 bridgehead atoms. The molecule has 1 aromatic rings. The number of aliphatic hydroxyl groups is 1. The van der Waals surface area contributed by atoms with Crippen LogP contribution in [0.2, 0.25) is 0 Å². The standard InChI is InChI=1S/C14H25N3O/c1-10(2)17-9-12(8-15-17)11(3)16-13-6-4-5-7-14(13)18/h8-11,13-14,16,18H,4-7H2,1-3H3. The van der Waals surface area contributed by atoms with Gasteiger partial charge in [-0.25, -0.2) is 0 Å². The molecule has 1 saturated carbocycles. The van der Waals surface area contributed by atoms with Crippen molar-refractivity contribution in [1.82, 2.24) is 15.1 Å². The summed E-state index contributed by atoms with van der Waals surface area (Å²) in [6.07, 6.45) is 8.19. The Balaban J connectivity index is 1.95. The third-order valence-electron chi connectivity index (χ3n) is 3.84. The van der Waals surface area contributed by atoms with Crippen LogP contribution in [0.4, 0.5) is 0 Å². The number of nitrogens with zero attached hydrogens (tertiary/aromatic N) is 2. The molecule has 3 unspecified atom stereocenters. The fraction of sp³-hybridized carbons (Fsp3) is 0.786. The summed E-state index contributed by atoms with van der Waals surface area (Å²) in [5.74, 6) is 0. The highest BCUT2D eigenvalue weighted by Gasteiger charge is 2.24. The average molecular weight is 251 g/mol. The second-order valence-corrected chi connectivity index (χ2v) is 5.69. The lowest BCUT2D eigenvalue weighted by Crippen LogP contribution is -2.43. The molecule has 4 heteroatoms. The lowest BCUT2D eigenvalue weighted by atomic mass is 9.92. The molecule has 3 atom stereocenters. The van der Waals surface area contributed by atoms with Crippen molar-refractivity contribution in [2.45, 2.75) is 70.7 Å².